The lowest BCUT2D eigenvalue weighted by Crippen LogP contribution is -2.27. The van der Waals surface area contributed by atoms with Crippen molar-refractivity contribution in [2.24, 2.45) is 5.92 Å². The zero-order chi connectivity index (χ0) is 12.8. The summed E-state index contributed by atoms with van der Waals surface area (Å²) in [7, 11) is 0. The maximum Gasteiger partial charge on any atom is 0.146 e. The molecule has 1 aromatic rings. The highest BCUT2D eigenvalue weighted by molar-refractivity contribution is 5.11. The Labute approximate surface area is 108 Å². The molecule has 4 heteroatoms. The third-order valence-corrected chi connectivity index (χ3v) is 3.48. The first-order valence-corrected chi connectivity index (χ1v) is 6.72. The smallest absolute Gasteiger partial charge is 0.146 e. The van der Waals surface area contributed by atoms with Gasteiger partial charge in [0, 0.05) is 19.4 Å². The van der Waals surface area contributed by atoms with E-state index in [-0.39, 0.29) is 11.9 Å². The fourth-order valence-electron chi connectivity index (χ4n) is 2.51. The van der Waals surface area contributed by atoms with Crippen LogP contribution in [-0.4, -0.2) is 24.7 Å². The quantitative estimate of drug-likeness (QED) is 0.875. The summed E-state index contributed by atoms with van der Waals surface area (Å²) in [6.45, 7) is 4.52. The molecule has 1 aliphatic heterocycles. The van der Waals surface area contributed by atoms with Crippen LogP contribution in [0.1, 0.15) is 37.9 Å². The molecule has 1 unspecified atom stereocenters. The second-order valence-electron chi connectivity index (χ2n) is 4.77. The molecule has 100 valence electrons. The van der Waals surface area contributed by atoms with E-state index in [9.17, 15) is 4.39 Å². The van der Waals surface area contributed by atoms with Crippen LogP contribution in [0.5, 0.6) is 0 Å². The van der Waals surface area contributed by atoms with Gasteiger partial charge in [-0.15, -0.1) is 0 Å². The topological polar surface area (TPSA) is 34.1 Å². The van der Waals surface area contributed by atoms with Gasteiger partial charge in [0.25, 0.3) is 0 Å². The highest BCUT2D eigenvalue weighted by Crippen LogP contribution is 2.27. The summed E-state index contributed by atoms with van der Waals surface area (Å²) in [6.07, 6.45) is 4.73. The largest absolute Gasteiger partial charge is 0.381 e. The summed E-state index contributed by atoms with van der Waals surface area (Å²) >= 11 is 0. The number of hydrogen-bond acceptors (Lipinski definition) is 3. The zero-order valence-corrected chi connectivity index (χ0v) is 10.9. The fraction of sp³-hybridized carbons (Fsp3) is 0.643. The molecule has 1 aromatic heterocycles. The van der Waals surface area contributed by atoms with Crippen LogP contribution in [0.2, 0.25) is 0 Å². The molecule has 0 radical (unpaired) electrons. The molecule has 0 saturated carbocycles. The summed E-state index contributed by atoms with van der Waals surface area (Å²) in [5.74, 6) is 0.389. The molecular formula is C14H21FN2O. The Morgan fingerprint density at radius 3 is 2.94 bits per heavy atom. The van der Waals surface area contributed by atoms with E-state index in [1.54, 1.807) is 12.3 Å². The number of halogens is 1. The molecule has 0 aromatic carbocycles. The molecule has 18 heavy (non-hydrogen) atoms. The average Bonchev–Trinajstić information content (AvgIpc) is 2.40. The summed E-state index contributed by atoms with van der Waals surface area (Å²) in [6, 6.07) is 3.13. The van der Waals surface area contributed by atoms with Gasteiger partial charge >= 0.3 is 0 Å². The fourth-order valence-corrected chi connectivity index (χ4v) is 2.51. The molecule has 1 aliphatic rings. The molecule has 2 heterocycles. The number of nitrogens with one attached hydrogen (secondary N) is 1. The Bertz CT molecular complexity index is 367. The van der Waals surface area contributed by atoms with Gasteiger partial charge in [-0.05, 0) is 43.9 Å². The van der Waals surface area contributed by atoms with E-state index in [2.05, 4.69) is 10.3 Å². The van der Waals surface area contributed by atoms with E-state index in [0.717, 1.165) is 39.0 Å². The zero-order valence-electron chi connectivity index (χ0n) is 10.9. The first-order valence-electron chi connectivity index (χ1n) is 6.72. The summed E-state index contributed by atoms with van der Waals surface area (Å²) in [5.41, 5.74) is 0.547. The standard InChI is InChI=1S/C14H21FN2O/c1-2-16-13(10-11-5-8-18-9-6-11)14-12(15)4-3-7-17-14/h3-4,7,11,13,16H,2,5-6,8-10H2,1H3. The van der Waals surface area contributed by atoms with E-state index in [1.807, 2.05) is 6.92 Å². The minimum Gasteiger partial charge on any atom is -0.381 e. The number of nitrogens with zero attached hydrogens (tertiary/aromatic N) is 1. The SMILES string of the molecule is CCNC(CC1CCOCC1)c1ncccc1F. The van der Waals surface area contributed by atoms with Crippen molar-refractivity contribution in [1.29, 1.82) is 0 Å². The molecule has 0 amide bonds. The number of rotatable bonds is 5. The third-order valence-electron chi connectivity index (χ3n) is 3.48. The highest BCUT2D eigenvalue weighted by Gasteiger charge is 2.22. The van der Waals surface area contributed by atoms with Crippen molar-refractivity contribution in [2.45, 2.75) is 32.2 Å². The number of pyridine rings is 1. The van der Waals surface area contributed by atoms with E-state index < -0.39 is 0 Å². The van der Waals surface area contributed by atoms with Crippen molar-refractivity contribution in [3.05, 3.63) is 29.8 Å². The second-order valence-corrected chi connectivity index (χ2v) is 4.77. The highest BCUT2D eigenvalue weighted by atomic mass is 19.1. The van der Waals surface area contributed by atoms with Crippen LogP contribution in [-0.2, 0) is 4.74 Å². The van der Waals surface area contributed by atoms with E-state index >= 15 is 0 Å². The minimum absolute atomic E-state index is 0.0132. The van der Waals surface area contributed by atoms with Gasteiger partial charge in [0.2, 0.25) is 0 Å². The molecule has 0 aliphatic carbocycles. The minimum atomic E-state index is -0.212. The van der Waals surface area contributed by atoms with E-state index in [0.29, 0.717) is 11.6 Å². The predicted molar refractivity (Wildman–Crippen MR) is 68.8 cm³/mol. The van der Waals surface area contributed by atoms with Crippen LogP contribution >= 0.6 is 0 Å². The maximum atomic E-state index is 13.8. The van der Waals surface area contributed by atoms with Crippen LogP contribution < -0.4 is 5.32 Å². The van der Waals surface area contributed by atoms with Gasteiger partial charge in [-0.25, -0.2) is 4.39 Å². The lowest BCUT2D eigenvalue weighted by atomic mass is 9.91. The van der Waals surface area contributed by atoms with Crippen molar-refractivity contribution in [1.82, 2.24) is 10.3 Å². The normalized spacial score (nSPS) is 18.8. The van der Waals surface area contributed by atoms with Crippen molar-refractivity contribution >= 4 is 0 Å². The molecule has 0 bridgehead atoms. The Morgan fingerprint density at radius 2 is 2.28 bits per heavy atom. The summed E-state index contributed by atoms with van der Waals surface area (Å²) in [5, 5.41) is 3.34. The number of aromatic nitrogens is 1. The van der Waals surface area contributed by atoms with E-state index in [1.165, 1.54) is 6.07 Å². The van der Waals surface area contributed by atoms with Gasteiger partial charge < -0.3 is 10.1 Å². The second kappa shape index (κ2) is 6.81. The molecule has 1 N–H and O–H groups in total. The lowest BCUT2D eigenvalue weighted by molar-refractivity contribution is 0.0603. The summed E-state index contributed by atoms with van der Waals surface area (Å²) < 4.78 is 19.2. The Morgan fingerprint density at radius 1 is 1.50 bits per heavy atom. The van der Waals surface area contributed by atoms with Crippen LogP contribution in [0.25, 0.3) is 0 Å². The molecule has 2 rings (SSSR count). The molecule has 3 nitrogen and oxygen atoms in total. The van der Waals surface area contributed by atoms with Gasteiger partial charge in [-0.2, -0.15) is 0 Å². The van der Waals surface area contributed by atoms with Crippen molar-refractivity contribution in [2.75, 3.05) is 19.8 Å². The molecule has 1 saturated heterocycles. The molecule has 1 atom stereocenters. The molecule has 0 spiro atoms. The average molecular weight is 252 g/mol. The van der Waals surface area contributed by atoms with Gasteiger partial charge in [-0.1, -0.05) is 6.92 Å². The Balaban J connectivity index is 2.05. The van der Waals surface area contributed by atoms with Gasteiger partial charge in [0.15, 0.2) is 0 Å². The van der Waals surface area contributed by atoms with Crippen LogP contribution in [0.15, 0.2) is 18.3 Å². The van der Waals surface area contributed by atoms with Gasteiger partial charge in [-0.3, -0.25) is 4.98 Å². The van der Waals surface area contributed by atoms with Crippen LogP contribution in [0.4, 0.5) is 4.39 Å². The lowest BCUT2D eigenvalue weighted by Gasteiger charge is -2.27. The first kappa shape index (κ1) is 13.4. The first-order chi connectivity index (χ1) is 8.81. The number of ether oxygens (including phenoxy) is 1. The monoisotopic (exact) mass is 252 g/mol. The van der Waals surface area contributed by atoms with Crippen LogP contribution in [0.3, 0.4) is 0 Å². The van der Waals surface area contributed by atoms with Crippen LogP contribution in [0, 0.1) is 11.7 Å². The maximum absolute atomic E-state index is 13.8. The molecule has 1 fully saturated rings. The predicted octanol–water partition coefficient (Wildman–Crippen LogP) is 2.69. The third kappa shape index (κ3) is 3.50. The molecular weight excluding hydrogens is 231 g/mol. The van der Waals surface area contributed by atoms with Crippen molar-refractivity contribution in [3.8, 4) is 0 Å². The summed E-state index contributed by atoms with van der Waals surface area (Å²) in [4.78, 5) is 4.19. The Hall–Kier alpha value is -1.00. The number of hydrogen-bond donors (Lipinski definition) is 1. The van der Waals surface area contributed by atoms with E-state index in [4.69, 9.17) is 4.74 Å². The van der Waals surface area contributed by atoms with Gasteiger partial charge in [0.1, 0.15) is 5.82 Å². The van der Waals surface area contributed by atoms with Crippen molar-refractivity contribution in [3.63, 3.8) is 0 Å². The van der Waals surface area contributed by atoms with Gasteiger partial charge in [0.05, 0.1) is 11.7 Å². The van der Waals surface area contributed by atoms with Crippen molar-refractivity contribution < 1.29 is 9.13 Å². The Kier molecular flexibility index (Phi) is 5.08.